The standard InChI is InChI=1S/C5H4N2O3S/c8-4(5(9)10)7-3-1-11-2-6-3/h1-2H,(H,7,8)(H,9,10). The first-order valence-corrected chi connectivity index (χ1v) is 3.57. The van der Waals surface area contributed by atoms with Gasteiger partial charge in [0.1, 0.15) is 5.82 Å². The van der Waals surface area contributed by atoms with Crippen molar-refractivity contribution >= 4 is 29.0 Å². The van der Waals surface area contributed by atoms with Crippen molar-refractivity contribution in [1.29, 1.82) is 0 Å². The minimum atomic E-state index is -1.52. The zero-order chi connectivity index (χ0) is 8.27. The molecule has 0 fully saturated rings. The average molecular weight is 172 g/mol. The zero-order valence-electron chi connectivity index (χ0n) is 5.27. The molecule has 1 rings (SSSR count). The molecule has 0 atom stereocenters. The van der Waals surface area contributed by atoms with Gasteiger partial charge in [-0.2, -0.15) is 0 Å². The molecule has 0 spiro atoms. The van der Waals surface area contributed by atoms with Crippen LogP contribution < -0.4 is 5.32 Å². The molecule has 1 heterocycles. The van der Waals surface area contributed by atoms with E-state index in [9.17, 15) is 9.59 Å². The lowest BCUT2D eigenvalue weighted by molar-refractivity contribution is -0.147. The van der Waals surface area contributed by atoms with E-state index in [4.69, 9.17) is 5.11 Å². The predicted molar refractivity (Wildman–Crippen MR) is 38.4 cm³/mol. The highest BCUT2D eigenvalue weighted by molar-refractivity contribution is 7.07. The van der Waals surface area contributed by atoms with E-state index in [0.29, 0.717) is 0 Å². The third-order valence-corrected chi connectivity index (χ3v) is 1.45. The van der Waals surface area contributed by atoms with E-state index in [1.807, 2.05) is 0 Å². The summed E-state index contributed by atoms with van der Waals surface area (Å²) >= 11 is 1.27. The third-order valence-electron chi connectivity index (χ3n) is 0.868. The summed E-state index contributed by atoms with van der Waals surface area (Å²) in [5.74, 6) is -2.32. The van der Waals surface area contributed by atoms with Crippen LogP contribution in [0.4, 0.5) is 5.82 Å². The molecule has 0 radical (unpaired) electrons. The number of nitrogens with one attached hydrogen (secondary N) is 1. The van der Waals surface area contributed by atoms with Gasteiger partial charge in [0.15, 0.2) is 0 Å². The zero-order valence-corrected chi connectivity index (χ0v) is 6.09. The van der Waals surface area contributed by atoms with Crippen LogP contribution in [0, 0.1) is 0 Å². The second kappa shape index (κ2) is 3.11. The van der Waals surface area contributed by atoms with Gasteiger partial charge in [-0.15, -0.1) is 11.3 Å². The van der Waals surface area contributed by atoms with Gasteiger partial charge in [-0.05, 0) is 0 Å². The van der Waals surface area contributed by atoms with E-state index in [-0.39, 0.29) is 5.82 Å². The molecule has 0 aromatic carbocycles. The molecule has 11 heavy (non-hydrogen) atoms. The SMILES string of the molecule is O=C(O)C(=O)Nc1cscn1. The van der Waals surface area contributed by atoms with Gasteiger partial charge >= 0.3 is 11.9 Å². The molecule has 0 aliphatic carbocycles. The monoisotopic (exact) mass is 172 g/mol. The molecule has 2 N–H and O–H groups in total. The molecule has 0 aliphatic rings. The second-order valence-corrected chi connectivity index (χ2v) is 2.35. The summed E-state index contributed by atoms with van der Waals surface area (Å²) in [6, 6.07) is 0. The Labute approximate surface area is 65.7 Å². The van der Waals surface area contributed by atoms with Gasteiger partial charge in [0.2, 0.25) is 0 Å². The minimum absolute atomic E-state index is 0.266. The molecule has 1 amide bonds. The largest absolute Gasteiger partial charge is 0.474 e. The number of nitrogens with zero attached hydrogens (tertiary/aromatic N) is 1. The molecule has 5 nitrogen and oxygen atoms in total. The van der Waals surface area contributed by atoms with Crippen molar-refractivity contribution in [3.8, 4) is 0 Å². The van der Waals surface area contributed by atoms with Gasteiger partial charge in [-0.25, -0.2) is 9.78 Å². The molecule has 1 aromatic rings. The maximum Gasteiger partial charge on any atom is 0.394 e. The van der Waals surface area contributed by atoms with Gasteiger partial charge in [0.05, 0.1) is 5.51 Å². The summed E-state index contributed by atoms with van der Waals surface area (Å²) in [7, 11) is 0. The molecular formula is C5H4N2O3S. The van der Waals surface area contributed by atoms with Crippen LogP contribution in [0.3, 0.4) is 0 Å². The van der Waals surface area contributed by atoms with Gasteiger partial charge in [-0.1, -0.05) is 0 Å². The molecule has 0 saturated carbocycles. The first-order valence-electron chi connectivity index (χ1n) is 2.62. The normalized spacial score (nSPS) is 9.09. The Morgan fingerprint density at radius 1 is 1.64 bits per heavy atom. The van der Waals surface area contributed by atoms with Crippen molar-refractivity contribution in [2.24, 2.45) is 0 Å². The molecule has 0 saturated heterocycles. The molecule has 0 bridgehead atoms. The number of aromatic nitrogens is 1. The Balaban J connectivity index is 2.57. The van der Waals surface area contributed by atoms with Crippen molar-refractivity contribution < 1.29 is 14.7 Å². The van der Waals surface area contributed by atoms with Crippen LogP contribution in [-0.2, 0) is 9.59 Å². The lowest BCUT2D eigenvalue weighted by Gasteiger charge is -1.93. The van der Waals surface area contributed by atoms with E-state index >= 15 is 0 Å². The number of carbonyl (C=O) groups is 2. The molecular weight excluding hydrogens is 168 g/mol. The lowest BCUT2D eigenvalue weighted by Crippen LogP contribution is -2.21. The molecule has 0 unspecified atom stereocenters. The number of anilines is 1. The van der Waals surface area contributed by atoms with E-state index in [1.165, 1.54) is 16.8 Å². The van der Waals surface area contributed by atoms with E-state index in [1.54, 1.807) is 5.38 Å². The van der Waals surface area contributed by atoms with Crippen molar-refractivity contribution in [2.75, 3.05) is 5.32 Å². The van der Waals surface area contributed by atoms with E-state index < -0.39 is 11.9 Å². The van der Waals surface area contributed by atoms with Crippen molar-refractivity contribution in [3.05, 3.63) is 10.9 Å². The second-order valence-electron chi connectivity index (χ2n) is 1.63. The summed E-state index contributed by atoms with van der Waals surface area (Å²) < 4.78 is 0. The lowest BCUT2D eigenvalue weighted by atomic mass is 10.6. The van der Waals surface area contributed by atoms with Crippen LogP contribution >= 0.6 is 11.3 Å². The maximum absolute atomic E-state index is 10.5. The summed E-state index contributed by atoms with van der Waals surface area (Å²) in [6.45, 7) is 0. The molecule has 1 aromatic heterocycles. The number of carboxylic acids is 1. The van der Waals surface area contributed by atoms with Crippen LogP contribution in [0.25, 0.3) is 0 Å². The Morgan fingerprint density at radius 2 is 2.36 bits per heavy atom. The van der Waals surface area contributed by atoms with E-state index in [2.05, 4.69) is 10.3 Å². The molecule has 0 aliphatic heterocycles. The first-order chi connectivity index (χ1) is 5.20. The Hall–Kier alpha value is -1.43. The highest BCUT2D eigenvalue weighted by Gasteiger charge is 2.11. The summed E-state index contributed by atoms with van der Waals surface area (Å²) in [5, 5.41) is 11.8. The molecule has 58 valence electrons. The number of amides is 1. The average Bonchev–Trinajstić information content (AvgIpc) is 2.39. The number of hydrogen-bond donors (Lipinski definition) is 2. The predicted octanol–water partition coefficient (Wildman–Crippen LogP) is 0.166. The number of aliphatic carboxylic acids is 1. The van der Waals surface area contributed by atoms with Gasteiger partial charge in [-0.3, -0.25) is 4.79 Å². The van der Waals surface area contributed by atoms with Crippen LogP contribution in [0.1, 0.15) is 0 Å². The third kappa shape index (κ3) is 2.01. The fourth-order valence-corrected chi connectivity index (χ4v) is 0.928. The minimum Gasteiger partial charge on any atom is -0.474 e. The topological polar surface area (TPSA) is 79.3 Å². The number of carboxylic acid groups (broad SMARTS) is 1. The van der Waals surface area contributed by atoms with Crippen molar-refractivity contribution in [3.63, 3.8) is 0 Å². The van der Waals surface area contributed by atoms with Crippen LogP contribution in [0.15, 0.2) is 10.9 Å². The van der Waals surface area contributed by atoms with Crippen molar-refractivity contribution in [2.45, 2.75) is 0 Å². The smallest absolute Gasteiger partial charge is 0.394 e. The summed E-state index contributed by atoms with van der Waals surface area (Å²) in [4.78, 5) is 24.1. The fourth-order valence-electron chi connectivity index (χ4n) is 0.444. The number of carbonyl (C=O) groups excluding carboxylic acids is 1. The van der Waals surface area contributed by atoms with Crippen LogP contribution in [0.2, 0.25) is 0 Å². The first kappa shape index (κ1) is 7.67. The van der Waals surface area contributed by atoms with Gasteiger partial charge < -0.3 is 10.4 Å². The van der Waals surface area contributed by atoms with Crippen LogP contribution in [-0.4, -0.2) is 22.0 Å². The Kier molecular flexibility index (Phi) is 2.17. The van der Waals surface area contributed by atoms with Crippen molar-refractivity contribution in [1.82, 2.24) is 4.98 Å². The van der Waals surface area contributed by atoms with Gasteiger partial charge in [0.25, 0.3) is 0 Å². The highest BCUT2D eigenvalue weighted by Crippen LogP contribution is 2.05. The Morgan fingerprint density at radius 3 is 2.82 bits per heavy atom. The number of hydrogen-bond acceptors (Lipinski definition) is 4. The quantitative estimate of drug-likeness (QED) is 0.591. The number of rotatable bonds is 1. The summed E-state index contributed by atoms with van der Waals surface area (Å²) in [5.41, 5.74) is 1.50. The van der Waals surface area contributed by atoms with E-state index in [0.717, 1.165) is 0 Å². The van der Waals surface area contributed by atoms with Crippen LogP contribution in [0.5, 0.6) is 0 Å². The Bertz CT molecular complexity index is 269. The molecule has 6 heteroatoms. The summed E-state index contributed by atoms with van der Waals surface area (Å²) in [6.07, 6.45) is 0. The maximum atomic E-state index is 10.5. The van der Waals surface area contributed by atoms with Gasteiger partial charge in [0, 0.05) is 5.38 Å². The highest BCUT2D eigenvalue weighted by atomic mass is 32.1. The number of thiazole rings is 1. The fraction of sp³-hybridized carbons (Fsp3) is 0.